The lowest BCUT2D eigenvalue weighted by molar-refractivity contribution is -0.159. The highest BCUT2D eigenvalue weighted by Gasteiger charge is 2.18. The predicted octanol–water partition coefficient (Wildman–Crippen LogP) is 2.13. The number of hydrogen-bond acceptors (Lipinski definition) is 7. The minimum atomic E-state index is -3.74. The summed E-state index contributed by atoms with van der Waals surface area (Å²) in [6.07, 6.45) is 3.58. The molecule has 0 bridgehead atoms. The molecule has 2 aromatic carbocycles. The van der Waals surface area contributed by atoms with Gasteiger partial charge in [0.1, 0.15) is 5.84 Å². The van der Waals surface area contributed by atoms with Crippen molar-refractivity contribution in [2.45, 2.75) is 44.0 Å². The van der Waals surface area contributed by atoms with Crippen LogP contribution in [0.4, 0.5) is 5.69 Å². The fourth-order valence-corrected chi connectivity index (χ4v) is 4.28. The van der Waals surface area contributed by atoms with Gasteiger partial charge in [-0.05, 0) is 43.5 Å². The number of benzene rings is 2. The van der Waals surface area contributed by atoms with Crippen LogP contribution in [-0.2, 0) is 31.0 Å². The van der Waals surface area contributed by atoms with Gasteiger partial charge < -0.3 is 20.8 Å². The summed E-state index contributed by atoms with van der Waals surface area (Å²) in [7, 11) is -3.74. The molecular weight excluding hydrogens is 488 g/mol. The standard InChI is InChI=1S/C22H28N4O3S.C2H2O4/c1-17-9-11-18(12-10-17)15-23-16-22(27)25-19-6-5-7-20(14-19)30(28,29)26-21-8-3-2-4-13-24-21;3-1(4)2(5)6/h5-7,9-12,14,23H,2-4,8,13,15-16H2,1H3,(H,24,26)(H,25,27);(H,3,4)(H,5,6). The van der Waals surface area contributed by atoms with Crippen molar-refractivity contribution in [3.05, 3.63) is 59.7 Å². The van der Waals surface area contributed by atoms with Gasteiger partial charge in [-0.15, -0.1) is 0 Å². The number of nitrogens with zero attached hydrogens (tertiary/aromatic N) is 1. The SMILES string of the molecule is Cc1ccc(CNCC(=O)Nc2cccc(S(=O)(=O)NC3=NCCCCC3)c2)cc1.O=C(O)C(=O)O. The summed E-state index contributed by atoms with van der Waals surface area (Å²) in [5, 5.41) is 20.6. The molecule has 0 unspecified atom stereocenters. The summed E-state index contributed by atoms with van der Waals surface area (Å²) in [5.41, 5.74) is 2.71. The topological polar surface area (TPSA) is 174 Å². The highest BCUT2D eigenvalue weighted by molar-refractivity contribution is 7.90. The number of hydrogen-bond donors (Lipinski definition) is 5. The van der Waals surface area contributed by atoms with Crippen molar-refractivity contribution in [3.8, 4) is 0 Å². The highest BCUT2D eigenvalue weighted by Crippen LogP contribution is 2.16. The number of sulfonamides is 1. The van der Waals surface area contributed by atoms with Gasteiger partial charge in [-0.25, -0.2) is 18.0 Å². The number of carbonyl (C=O) groups is 3. The summed E-state index contributed by atoms with van der Waals surface area (Å²) in [6, 6.07) is 14.3. The van der Waals surface area contributed by atoms with Crippen LogP contribution in [0.15, 0.2) is 58.4 Å². The van der Waals surface area contributed by atoms with E-state index in [4.69, 9.17) is 19.8 Å². The molecule has 0 saturated heterocycles. The van der Waals surface area contributed by atoms with Gasteiger partial charge in [0.25, 0.3) is 10.0 Å². The number of amidine groups is 1. The Morgan fingerprint density at radius 2 is 1.67 bits per heavy atom. The molecule has 1 amide bonds. The first kappa shape index (κ1) is 28.5. The summed E-state index contributed by atoms with van der Waals surface area (Å²) >= 11 is 0. The highest BCUT2D eigenvalue weighted by atomic mass is 32.2. The average Bonchev–Trinajstić information content (AvgIpc) is 3.09. The molecule has 1 heterocycles. The van der Waals surface area contributed by atoms with Crippen LogP contribution >= 0.6 is 0 Å². The Morgan fingerprint density at radius 1 is 0.972 bits per heavy atom. The van der Waals surface area contributed by atoms with Gasteiger partial charge in [-0.1, -0.05) is 42.3 Å². The van der Waals surface area contributed by atoms with E-state index >= 15 is 0 Å². The second-order valence-corrected chi connectivity index (χ2v) is 9.70. The third-order valence-electron chi connectivity index (χ3n) is 4.97. The Balaban J connectivity index is 0.000000678. The molecule has 12 heteroatoms. The quantitative estimate of drug-likeness (QED) is 0.346. The van der Waals surface area contributed by atoms with E-state index in [-0.39, 0.29) is 17.3 Å². The van der Waals surface area contributed by atoms with E-state index in [0.29, 0.717) is 31.0 Å². The zero-order valence-electron chi connectivity index (χ0n) is 19.9. The van der Waals surface area contributed by atoms with Gasteiger partial charge in [0.05, 0.1) is 11.4 Å². The average molecular weight is 519 g/mol. The Labute approximate surface area is 209 Å². The zero-order chi connectivity index (χ0) is 26.6. The third-order valence-corrected chi connectivity index (χ3v) is 6.35. The minimum absolute atomic E-state index is 0.0971. The van der Waals surface area contributed by atoms with E-state index in [1.165, 1.54) is 17.7 Å². The van der Waals surface area contributed by atoms with Crippen LogP contribution in [0.5, 0.6) is 0 Å². The van der Waals surface area contributed by atoms with Crippen LogP contribution in [0.1, 0.15) is 36.8 Å². The molecule has 0 radical (unpaired) electrons. The lowest BCUT2D eigenvalue weighted by Crippen LogP contribution is -2.31. The molecule has 0 fully saturated rings. The van der Waals surface area contributed by atoms with Crippen LogP contribution in [-0.4, -0.2) is 55.4 Å². The molecule has 0 spiro atoms. The summed E-state index contributed by atoms with van der Waals surface area (Å²) in [6.45, 7) is 3.37. The van der Waals surface area contributed by atoms with Crippen molar-refractivity contribution in [3.63, 3.8) is 0 Å². The predicted molar refractivity (Wildman–Crippen MR) is 134 cm³/mol. The lowest BCUT2D eigenvalue weighted by Gasteiger charge is -2.11. The van der Waals surface area contributed by atoms with Crippen LogP contribution < -0.4 is 15.4 Å². The Bertz CT molecular complexity index is 1180. The molecule has 0 atom stereocenters. The largest absolute Gasteiger partial charge is 0.473 e. The van der Waals surface area contributed by atoms with Crippen LogP contribution in [0.3, 0.4) is 0 Å². The number of aliphatic carboxylic acids is 2. The Kier molecular flexibility index (Phi) is 11.0. The van der Waals surface area contributed by atoms with Crippen molar-refractivity contribution >= 4 is 39.4 Å². The molecule has 1 aliphatic rings. The van der Waals surface area contributed by atoms with E-state index in [9.17, 15) is 13.2 Å². The molecule has 0 saturated carbocycles. The number of carboxylic acid groups (broad SMARTS) is 2. The summed E-state index contributed by atoms with van der Waals surface area (Å²) in [4.78, 5) is 34.8. The minimum Gasteiger partial charge on any atom is -0.473 e. The van der Waals surface area contributed by atoms with Crippen LogP contribution in [0, 0.1) is 6.92 Å². The number of anilines is 1. The Hall–Kier alpha value is -3.77. The van der Waals surface area contributed by atoms with Crippen molar-refractivity contribution in [2.75, 3.05) is 18.4 Å². The van der Waals surface area contributed by atoms with E-state index < -0.39 is 22.0 Å². The molecule has 5 N–H and O–H groups in total. The van der Waals surface area contributed by atoms with Gasteiger partial charge in [0, 0.05) is 25.2 Å². The number of nitrogens with one attached hydrogen (secondary N) is 3. The molecule has 36 heavy (non-hydrogen) atoms. The van der Waals surface area contributed by atoms with E-state index in [1.54, 1.807) is 12.1 Å². The smallest absolute Gasteiger partial charge is 0.414 e. The van der Waals surface area contributed by atoms with Gasteiger partial charge in [0.2, 0.25) is 5.91 Å². The van der Waals surface area contributed by atoms with Gasteiger partial charge in [0.15, 0.2) is 0 Å². The van der Waals surface area contributed by atoms with Gasteiger partial charge >= 0.3 is 11.9 Å². The second-order valence-electron chi connectivity index (χ2n) is 8.02. The lowest BCUT2D eigenvalue weighted by atomic mass is 10.1. The van der Waals surface area contributed by atoms with Crippen molar-refractivity contribution < 1.29 is 33.0 Å². The van der Waals surface area contributed by atoms with E-state index in [1.807, 2.05) is 31.2 Å². The number of amides is 1. The maximum Gasteiger partial charge on any atom is 0.414 e. The molecule has 3 rings (SSSR count). The van der Waals surface area contributed by atoms with E-state index in [0.717, 1.165) is 24.8 Å². The number of carbonyl (C=O) groups excluding carboxylic acids is 1. The molecule has 1 aliphatic heterocycles. The molecule has 2 aromatic rings. The first-order chi connectivity index (χ1) is 17.1. The fourth-order valence-electron chi connectivity index (χ4n) is 3.14. The summed E-state index contributed by atoms with van der Waals surface area (Å²) in [5.74, 6) is -3.38. The molecule has 0 aromatic heterocycles. The molecule has 11 nitrogen and oxygen atoms in total. The first-order valence-electron chi connectivity index (χ1n) is 11.3. The fraction of sp³-hybridized carbons (Fsp3) is 0.333. The van der Waals surface area contributed by atoms with Crippen molar-refractivity contribution in [1.29, 1.82) is 0 Å². The van der Waals surface area contributed by atoms with E-state index in [2.05, 4.69) is 20.3 Å². The normalized spacial score (nSPS) is 13.3. The monoisotopic (exact) mass is 518 g/mol. The van der Waals surface area contributed by atoms with Crippen molar-refractivity contribution in [2.24, 2.45) is 4.99 Å². The number of carboxylic acids is 2. The van der Waals surface area contributed by atoms with Gasteiger partial charge in [-0.3, -0.25) is 14.5 Å². The molecule has 194 valence electrons. The maximum atomic E-state index is 12.7. The van der Waals surface area contributed by atoms with Gasteiger partial charge in [-0.2, -0.15) is 0 Å². The second kappa shape index (κ2) is 14.0. The maximum absolute atomic E-state index is 12.7. The van der Waals surface area contributed by atoms with Crippen molar-refractivity contribution in [1.82, 2.24) is 10.0 Å². The molecular formula is C24H30N4O7S. The number of rotatable bonds is 7. The third kappa shape index (κ3) is 10.2. The van der Waals surface area contributed by atoms with Crippen LogP contribution in [0.25, 0.3) is 0 Å². The molecule has 0 aliphatic carbocycles. The van der Waals surface area contributed by atoms with Crippen LogP contribution in [0.2, 0.25) is 0 Å². The number of aliphatic imine (C=N–C) groups is 1. The first-order valence-corrected chi connectivity index (χ1v) is 12.7. The Morgan fingerprint density at radius 3 is 2.33 bits per heavy atom. The summed E-state index contributed by atoms with van der Waals surface area (Å²) < 4.78 is 28.0. The number of aryl methyl sites for hydroxylation is 1. The zero-order valence-corrected chi connectivity index (χ0v) is 20.7.